The molecule has 0 heteroatoms. The highest BCUT2D eigenvalue weighted by molar-refractivity contribution is 5.88. The zero-order valence-electron chi connectivity index (χ0n) is 14.7. The average molecular weight is 322 g/mol. The van der Waals surface area contributed by atoms with Crippen molar-refractivity contribution < 1.29 is 0 Å². The van der Waals surface area contributed by atoms with E-state index in [-0.39, 0.29) is 0 Å². The van der Waals surface area contributed by atoms with E-state index in [1.54, 1.807) is 0 Å². The number of benzene rings is 4. The fourth-order valence-electron chi connectivity index (χ4n) is 3.32. The molecule has 0 nitrogen and oxygen atoms in total. The molecule has 122 valence electrons. The van der Waals surface area contributed by atoms with E-state index in [1.165, 1.54) is 38.6 Å². The van der Waals surface area contributed by atoms with E-state index in [0.717, 1.165) is 0 Å². The number of hydrogen-bond donors (Lipinski definition) is 0. The van der Waals surface area contributed by atoms with Gasteiger partial charge in [-0.3, -0.25) is 0 Å². The van der Waals surface area contributed by atoms with Gasteiger partial charge in [0.25, 0.3) is 0 Å². The highest BCUT2D eigenvalue weighted by Crippen LogP contribution is 2.32. The van der Waals surface area contributed by atoms with Crippen LogP contribution in [0.15, 0.2) is 91.0 Å². The maximum atomic E-state index is 2.33. The quantitative estimate of drug-likeness (QED) is 0.371. The zero-order valence-corrected chi connectivity index (χ0v) is 14.7. The molecule has 0 bridgehead atoms. The van der Waals surface area contributed by atoms with Crippen molar-refractivity contribution >= 4 is 10.8 Å². The molecule has 0 aliphatic rings. The summed E-state index contributed by atoms with van der Waals surface area (Å²) in [4.78, 5) is 0. The third-order valence-corrected chi connectivity index (χ3v) is 4.81. The van der Waals surface area contributed by atoms with Crippen molar-refractivity contribution in [3.05, 3.63) is 96.6 Å². The summed E-state index contributed by atoms with van der Waals surface area (Å²) in [6, 6.07) is 32.9. The highest BCUT2D eigenvalue weighted by atomic mass is 14.1. The predicted octanol–water partition coefficient (Wildman–Crippen LogP) is 7.30. The van der Waals surface area contributed by atoms with E-state index < -0.39 is 0 Å². The summed E-state index contributed by atoms with van der Waals surface area (Å²) in [5.74, 6) is 0.503. The summed E-state index contributed by atoms with van der Waals surface area (Å²) < 4.78 is 0. The fourth-order valence-corrected chi connectivity index (χ4v) is 3.32. The molecule has 4 rings (SSSR count). The van der Waals surface area contributed by atoms with Crippen molar-refractivity contribution in [3.63, 3.8) is 0 Å². The lowest BCUT2D eigenvalue weighted by molar-refractivity contribution is 0.867. The molecule has 4 aromatic rings. The molecule has 0 radical (unpaired) electrons. The molecule has 0 aliphatic carbocycles. The average Bonchev–Trinajstić information content (AvgIpc) is 2.68. The first kappa shape index (κ1) is 15.7. The Morgan fingerprint density at radius 2 is 1.12 bits per heavy atom. The van der Waals surface area contributed by atoms with Crippen LogP contribution in [0.2, 0.25) is 0 Å². The van der Waals surface area contributed by atoms with E-state index in [0.29, 0.717) is 5.92 Å². The van der Waals surface area contributed by atoms with E-state index in [4.69, 9.17) is 0 Å². The van der Waals surface area contributed by atoms with Gasteiger partial charge < -0.3 is 0 Å². The number of hydrogen-bond acceptors (Lipinski definition) is 0. The van der Waals surface area contributed by atoms with Crippen LogP contribution in [-0.4, -0.2) is 0 Å². The molecular weight excluding hydrogens is 300 g/mol. The topological polar surface area (TPSA) is 0 Å². The Morgan fingerprint density at radius 1 is 0.480 bits per heavy atom. The smallest absolute Gasteiger partial charge is 0.0175 e. The number of rotatable bonds is 3. The van der Waals surface area contributed by atoms with Crippen LogP contribution in [0.3, 0.4) is 0 Å². The molecule has 0 aromatic heterocycles. The van der Waals surface area contributed by atoms with Gasteiger partial charge in [0.1, 0.15) is 0 Å². The first-order chi connectivity index (χ1) is 12.2. The Bertz CT molecular complexity index is 1010. The van der Waals surface area contributed by atoms with E-state index in [9.17, 15) is 0 Å². The summed E-state index contributed by atoms with van der Waals surface area (Å²) in [5.41, 5.74) is 6.50. The molecule has 0 spiro atoms. The second-order valence-electron chi connectivity index (χ2n) is 6.93. The summed E-state index contributed by atoms with van der Waals surface area (Å²) in [7, 11) is 0. The van der Waals surface area contributed by atoms with Crippen molar-refractivity contribution in [1.82, 2.24) is 0 Å². The van der Waals surface area contributed by atoms with Crippen LogP contribution < -0.4 is 0 Å². The Hall–Kier alpha value is -2.86. The molecule has 25 heavy (non-hydrogen) atoms. The Morgan fingerprint density at radius 3 is 1.84 bits per heavy atom. The largest absolute Gasteiger partial charge is 0.0622 e. The Labute approximate surface area is 149 Å². The summed E-state index contributed by atoms with van der Waals surface area (Å²) in [6.07, 6.45) is 0. The second kappa shape index (κ2) is 6.57. The highest BCUT2D eigenvalue weighted by Gasteiger charge is 2.08. The zero-order chi connectivity index (χ0) is 17.2. The third-order valence-electron chi connectivity index (χ3n) is 4.81. The molecule has 0 amide bonds. The minimum atomic E-state index is 0.503. The van der Waals surface area contributed by atoms with Gasteiger partial charge in [-0.1, -0.05) is 92.7 Å². The van der Waals surface area contributed by atoms with Crippen molar-refractivity contribution in [2.45, 2.75) is 19.8 Å². The molecule has 0 atom stereocenters. The minimum Gasteiger partial charge on any atom is -0.0622 e. The molecule has 0 aliphatic heterocycles. The van der Waals surface area contributed by atoms with Crippen molar-refractivity contribution in [3.8, 4) is 22.3 Å². The Balaban J connectivity index is 1.89. The van der Waals surface area contributed by atoms with Crippen molar-refractivity contribution in [2.24, 2.45) is 0 Å². The SMILES string of the molecule is CC(C)c1cc(-c2ccccc2)cc(-c2ccc3ccccc3c2)c1. The summed E-state index contributed by atoms with van der Waals surface area (Å²) in [5, 5.41) is 2.57. The van der Waals surface area contributed by atoms with Gasteiger partial charge >= 0.3 is 0 Å². The lowest BCUT2D eigenvalue weighted by atomic mass is 9.91. The van der Waals surface area contributed by atoms with Crippen molar-refractivity contribution in [2.75, 3.05) is 0 Å². The van der Waals surface area contributed by atoms with Crippen molar-refractivity contribution in [1.29, 1.82) is 0 Å². The third kappa shape index (κ3) is 3.21. The Kier molecular flexibility index (Phi) is 4.11. The van der Waals surface area contributed by atoms with Crippen LogP contribution in [0.5, 0.6) is 0 Å². The first-order valence-electron chi connectivity index (χ1n) is 8.90. The van der Waals surface area contributed by atoms with E-state index in [1.807, 2.05) is 0 Å². The van der Waals surface area contributed by atoms with Gasteiger partial charge in [0.05, 0.1) is 0 Å². The van der Waals surface area contributed by atoms with Gasteiger partial charge in [0, 0.05) is 0 Å². The van der Waals surface area contributed by atoms with E-state index >= 15 is 0 Å². The normalized spacial score (nSPS) is 11.2. The van der Waals surface area contributed by atoms with Crippen LogP contribution >= 0.6 is 0 Å². The van der Waals surface area contributed by atoms with Crippen LogP contribution in [0, 0.1) is 0 Å². The van der Waals surface area contributed by atoms with Gasteiger partial charge in [-0.2, -0.15) is 0 Å². The monoisotopic (exact) mass is 322 g/mol. The fraction of sp³-hybridized carbons (Fsp3) is 0.120. The van der Waals surface area contributed by atoms with Gasteiger partial charge in [-0.15, -0.1) is 0 Å². The molecule has 0 unspecified atom stereocenters. The maximum absolute atomic E-state index is 2.33. The summed E-state index contributed by atoms with van der Waals surface area (Å²) >= 11 is 0. The minimum absolute atomic E-state index is 0.503. The lowest BCUT2D eigenvalue weighted by Gasteiger charge is -2.13. The number of fused-ring (bicyclic) bond motifs is 1. The van der Waals surface area contributed by atoms with Gasteiger partial charge in [0.2, 0.25) is 0 Å². The predicted molar refractivity (Wildman–Crippen MR) is 109 cm³/mol. The van der Waals surface area contributed by atoms with Gasteiger partial charge in [-0.05, 0) is 56.6 Å². The molecule has 0 N–H and O–H groups in total. The molecule has 0 fully saturated rings. The van der Waals surface area contributed by atoms with Gasteiger partial charge in [0.15, 0.2) is 0 Å². The molecular formula is C25H22. The summed E-state index contributed by atoms with van der Waals surface area (Å²) in [6.45, 7) is 4.52. The maximum Gasteiger partial charge on any atom is -0.0175 e. The molecule has 4 aromatic carbocycles. The molecule has 0 heterocycles. The van der Waals surface area contributed by atoms with E-state index in [2.05, 4.69) is 105 Å². The van der Waals surface area contributed by atoms with Gasteiger partial charge in [-0.25, -0.2) is 0 Å². The standard InChI is InChI=1S/C25H22/c1-18(2)23-15-24(19-8-4-3-5-9-19)17-25(16-23)22-13-12-20-10-6-7-11-21(20)14-22/h3-18H,1-2H3. The molecule has 0 saturated heterocycles. The molecule has 0 saturated carbocycles. The lowest BCUT2D eigenvalue weighted by Crippen LogP contribution is -1.91. The van der Waals surface area contributed by atoms with Crippen LogP contribution in [0.4, 0.5) is 0 Å². The second-order valence-corrected chi connectivity index (χ2v) is 6.93. The van der Waals surface area contributed by atoms with Crippen LogP contribution in [-0.2, 0) is 0 Å². The van der Waals surface area contributed by atoms with Crippen LogP contribution in [0.1, 0.15) is 25.3 Å². The van der Waals surface area contributed by atoms with Crippen LogP contribution in [0.25, 0.3) is 33.0 Å². The first-order valence-corrected chi connectivity index (χ1v) is 8.90.